The lowest BCUT2D eigenvalue weighted by atomic mass is 9.83. The van der Waals surface area contributed by atoms with Crippen molar-refractivity contribution in [1.82, 2.24) is 0 Å². The highest BCUT2D eigenvalue weighted by Gasteiger charge is 2.20. The number of fused-ring (bicyclic) bond motifs is 6. The molecule has 0 atom stereocenters. The molecule has 0 saturated carbocycles. The van der Waals surface area contributed by atoms with Gasteiger partial charge in [0.2, 0.25) is 0 Å². The van der Waals surface area contributed by atoms with Crippen molar-refractivity contribution in [1.29, 1.82) is 0 Å². The Labute approximate surface area is 267 Å². The summed E-state index contributed by atoms with van der Waals surface area (Å²) in [5.74, 6) is 0. The lowest BCUT2D eigenvalue weighted by Gasteiger charge is -2.19. The van der Waals surface area contributed by atoms with Gasteiger partial charge in [0.1, 0.15) is 11.2 Å². The Morgan fingerprint density at radius 3 is 1.60 bits per heavy atom. The molecule has 1 heterocycles. The summed E-state index contributed by atoms with van der Waals surface area (Å²) in [6.45, 7) is 0. The van der Waals surface area contributed by atoms with Crippen LogP contribution in [0, 0.1) is 0 Å². The van der Waals surface area contributed by atoms with E-state index in [1.165, 1.54) is 0 Å². The van der Waals surface area contributed by atoms with Crippen molar-refractivity contribution in [3.8, 4) is 33.4 Å². The van der Waals surface area contributed by atoms with Crippen molar-refractivity contribution in [2.24, 2.45) is 0 Å². The van der Waals surface area contributed by atoms with Crippen LogP contribution in [0.15, 0.2) is 162 Å². The van der Waals surface area contributed by atoms with Crippen LogP contribution in [0.2, 0.25) is 0 Å². The first-order valence-corrected chi connectivity index (χ1v) is 13.7. The molecule has 0 aliphatic rings. The first-order valence-electron chi connectivity index (χ1n) is 20.2. The van der Waals surface area contributed by atoms with Gasteiger partial charge in [-0.15, -0.1) is 0 Å². The van der Waals surface area contributed by atoms with E-state index >= 15 is 0 Å². The zero-order valence-corrected chi connectivity index (χ0v) is 22.4. The summed E-state index contributed by atoms with van der Waals surface area (Å²) in [4.78, 5) is 0. The highest BCUT2D eigenvalue weighted by Crippen LogP contribution is 2.47. The van der Waals surface area contributed by atoms with Crippen LogP contribution in [0.1, 0.15) is 17.8 Å². The fourth-order valence-corrected chi connectivity index (χ4v) is 6.27. The van der Waals surface area contributed by atoms with E-state index in [1.54, 1.807) is 12.1 Å². The fraction of sp³-hybridized carbons (Fsp3) is 0. The molecule has 0 N–H and O–H groups in total. The van der Waals surface area contributed by atoms with Crippen LogP contribution in [0.3, 0.4) is 0 Å². The number of hydrogen-bond acceptors (Lipinski definition) is 1. The molecule has 9 aromatic rings. The summed E-state index contributed by atoms with van der Waals surface area (Å²) in [7, 11) is 0. The van der Waals surface area contributed by atoms with Crippen molar-refractivity contribution < 1.29 is 22.2 Å². The minimum absolute atomic E-state index is 0.0832. The average molecular weight is 560 g/mol. The minimum Gasteiger partial charge on any atom is -0.456 e. The third kappa shape index (κ3) is 3.58. The van der Waals surface area contributed by atoms with Gasteiger partial charge in [-0.25, -0.2) is 0 Å². The SMILES string of the molecule is [2H]c1c([2H])c([2H])c(-c2c3c([2H])c([2H])c([2H])c([2H])c3c(-c3ccc(-c4cccc5oc6ccccc6c45)c4ccccc34)c3c([2H])c([2H])c([2H])c([2H])c23)c([2H])c1[2H]. The van der Waals surface area contributed by atoms with E-state index in [0.29, 0.717) is 16.5 Å². The molecule has 1 aromatic heterocycles. The first kappa shape index (κ1) is 14.5. The molecule has 0 amide bonds. The van der Waals surface area contributed by atoms with E-state index in [2.05, 4.69) is 0 Å². The largest absolute Gasteiger partial charge is 0.456 e. The van der Waals surface area contributed by atoms with E-state index in [4.69, 9.17) is 16.8 Å². The van der Waals surface area contributed by atoms with Gasteiger partial charge in [0.25, 0.3) is 0 Å². The number of rotatable bonds is 3. The van der Waals surface area contributed by atoms with E-state index in [9.17, 15) is 5.48 Å². The summed E-state index contributed by atoms with van der Waals surface area (Å²) >= 11 is 0. The minimum atomic E-state index is -0.713. The Kier molecular flexibility index (Phi) is 3.18. The lowest BCUT2D eigenvalue weighted by Crippen LogP contribution is -1.92. The zero-order chi connectivity index (χ0) is 39.6. The molecule has 0 aliphatic heterocycles. The zero-order valence-electron chi connectivity index (χ0n) is 35.4. The Hall–Kier alpha value is -5.66. The quantitative estimate of drug-likeness (QED) is 0.196. The average Bonchev–Trinajstić information content (AvgIpc) is 3.60. The third-order valence-electron chi connectivity index (χ3n) is 8.01. The monoisotopic (exact) mass is 559 g/mol. The second-order valence-corrected chi connectivity index (χ2v) is 10.2. The van der Waals surface area contributed by atoms with Crippen molar-refractivity contribution in [2.45, 2.75) is 0 Å². The Morgan fingerprint density at radius 2 is 0.907 bits per heavy atom. The maximum atomic E-state index is 9.34. The lowest BCUT2D eigenvalue weighted by molar-refractivity contribution is 0.669. The van der Waals surface area contributed by atoms with Crippen LogP contribution < -0.4 is 0 Å². The predicted molar refractivity (Wildman–Crippen MR) is 183 cm³/mol. The maximum absolute atomic E-state index is 9.34. The highest BCUT2D eigenvalue weighted by atomic mass is 16.3. The fourth-order valence-electron chi connectivity index (χ4n) is 6.27. The van der Waals surface area contributed by atoms with Crippen LogP contribution in [0.25, 0.3) is 87.6 Å². The Morgan fingerprint density at radius 1 is 0.372 bits per heavy atom. The summed E-state index contributed by atoms with van der Waals surface area (Å²) in [5, 5.41) is 2.40. The molecule has 8 aromatic carbocycles. The van der Waals surface area contributed by atoms with Crippen molar-refractivity contribution in [3.63, 3.8) is 0 Å². The van der Waals surface area contributed by atoms with Crippen LogP contribution in [0.5, 0.6) is 0 Å². The first-order chi connectivity index (χ1) is 26.8. The molecule has 0 fully saturated rings. The van der Waals surface area contributed by atoms with Crippen LogP contribution in [-0.2, 0) is 0 Å². The summed E-state index contributed by atoms with van der Waals surface area (Å²) in [5.41, 5.74) is 2.80. The van der Waals surface area contributed by atoms with Crippen molar-refractivity contribution in [3.05, 3.63) is 157 Å². The van der Waals surface area contributed by atoms with Crippen LogP contribution in [0.4, 0.5) is 0 Å². The van der Waals surface area contributed by atoms with Crippen molar-refractivity contribution >= 4 is 54.3 Å². The molecule has 200 valence electrons. The smallest absolute Gasteiger partial charge is 0.136 e. The van der Waals surface area contributed by atoms with Gasteiger partial charge >= 0.3 is 0 Å². The summed E-state index contributed by atoms with van der Waals surface area (Å²) in [6, 6.07) is 16.2. The molecule has 1 nitrogen and oxygen atoms in total. The van der Waals surface area contributed by atoms with Crippen LogP contribution >= 0.6 is 0 Å². The molecular weight excluding hydrogens is 520 g/mol. The van der Waals surface area contributed by atoms with E-state index in [1.807, 2.05) is 66.7 Å². The highest BCUT2D eigenvalue weighted by molar-refractivity contribution is 6.24. The van der Waals surface area contributed by atoms with Crippen LogP contribution in [-0.4, -0.2) is 0 Å². The molecule has 0 aliphatic carbocycles. The second-order valence-electron chi connectivity index (χ2n) is 10.2. The number of hydrogen-bond donors (Lipinski definition) is 0. The van der Waals surface area contributed by atoms with Gasteiger partial charge in [-0.05, 0) is 77.8 Å². The number of benzene rings is 8. The predicted octanol–water partition coefficient (Wildman–Crippen LogP) is 12.0. The van der Waals surface area contributed by atoms with Gasteiger partial charge in [-0.2, -0.15) is 0 Å². The standard InChI is InChI=1S/C42H26O/c1-2-13-27(14-3-1)40-32-17-6-8-19-34(32)41(35-20-9-7-18-33(35)40)36-26-25-30(28-15-4-5-16-29(28)36)31-22-12-24-39-42(31)37-21-10-11-23-38(37)43-39/h1-26H/i1D,2D,3D,6D,7D,8D,9D,13D,14D,17D,18D,19D,20D. The molecule has 43 heavy (non-hydrogen) atoms. The molecule has 9 rings (SSSR count). The molecule has 0 spiro atoms. The van der Waals surface area contributed by atoms with Gasteiger partial charge in [-0.1, -0.05) is 145 Å². The molecule has 0 saturated heterocycles. The molecule has 0 unspecified atom stereocenters. The van der Waals surface area contributed by atoms with E-state index < -0.39 is 84.1 Å². The third-order valence-corrected chi connectivity index (χ3v) is 8.01. The van der Waals surface area contributed by atoms with E-state index in [-0.39, 0.29) is 32.7 Å². The maximum Gasteiger partial charge on any atom is 0.136 e. The van der Waals surface area contributed by atoms with Gasteiger partial charge in [-0.3, -0.25) is 0 Å². The van der Waals surface area contributed by atoms with E-state index in [0.717, 1.165) is 32.9 Å². The molecule has 0 radical (unpaired) electrons. The molecule has 0 bridgehead atoms. The second kappa shape index (κ2) is 9.44. The Bertz CT molecular complexity index is 3130. The molecular formula is C42H26O. The number of furan rings is 1. The van der Waals surface area contributed by atoms with Gasteiger partial charge in [0, 0.05) is 10.8 Å². The van der Waals surface area contributed by atoms with Gasteiger partial charge < -0.3 is 4.42 Å². The normalized spacial score (nSPS) is 16.0. The number of para-hydroxylation sites is 1. The summed E-state index contributed by atoms with van der Waals surface area (Å²) < 4.78 is 121. The Balaban J connectivity index is 1.53. The topological polar surface area (TPSA) is 13.1 Å². The summed E-state index contributed by atoms with van der Waals surface area (Å²) in [6.07, 6.45) is 0. The van der Waals surface area contributed by atoms with Gasteiger partial charge in [0.15, 0.2) is 0 Å². The molecule has 1 heteroatoms. The van der Waals surface area contributed by atoms with Crippen molar-refractivity contribution in [2.75, 3.05) is 0 Å². The van der Waals surface area contributed by atoms with Gasteiger partial charge in [0.05, 0.1) is 17.8 Å².